The molecule has 9 heteroatoms. The van der Waals surface area contributed by atoms with Gasteiger partial charge < -0.3 is 10.5 Å². The van der Waals surface area contributed by atoms with E-state index >= 15 is 0 Å². The molecule has 1 aromatic heterocycles. The molecule has 2 atom stereocenters. The van der Waals surface area contributed by atoms with E-state index in [2.05, 4.69) is 4.98 Å². The van der Waals surface area contributed by atoms with Gasteiger partial charge >= 0.3 is 5.97 Å². The maximum Gasteiger partial charge on any atom is 0.306 e. The average molecular weight is 464 g/mol. The molecule has 2 aliphatic rings. The zero-order chi connectivity index (χ0) is 23.5. The maximum absolute atomic E-state index is 13.5. The van der Waals surface area contributed by atoms with E-state index in [1.165, 1.54) is 16.7 Å². The highest BCUT2D eigenvalue weighted by atomic mass is 19.1. The monoisotopic (exact) mass is 463 g/mol. The number of anilines is 1. The first-order valence-corrected chi connectivity index (χ1v) is 11.4. The number of benzene rings is 1. The van der Waals surface area contributed by atoms with Gasteiger partial charge in [0.25, 0.3) is 5.56 Å². The van der Waals surface area contributed by atoms with Crippen LogP contribution in [0.2, 0.25) is 0 Å². The molecule has 2 aromatic rings. The Morgan fingerprint density at radius 3 is 2.48 bits per heavy atom. The highest BCUT2D eigenvalue weighted by Crippen LogP contribution is 2.41. The molecule has 0 aliphatic heterocycles. The molecule has 0 amide bonds. The predicted molar refractivity (Wildman–Crippen MR) is 117 cm³/mol. The molecule has 1 saturated carbocycles. The van der Waals surface area contributed by atoms with Gasteiger partial charge in [0.2, 0.25) is 5.95 Å². The molecule has 1 heterocycles. The van der Waals surface area contributed by atoms with E-state index in [-0.39, 0.29) is 41.6 Å². The molecule has 6 nitrogen and oxygen atoms in total. The third-order valence-corrected chi connectivity index (χ3v) is 6.79. The van der Waals surface area contributed by atoms with Gasteiger partial charge in [0.05, 0.1) is 11.7 Å². The molecule has 0 spiro atoms. The Balaban J connectivity index is 1.58. The molecular weight excluding hydrogens is 435 g/mol. The zero-order valence-electron chi connectivity index (χ0n) is 18.3. The van der Waals surface area contributed by atoms with E-state index in [4.69, 9.17) is 10.5 Å². The van der Waals surface area contributed by atoms with Crippen LogP contribution >= 0.6 is 0 Å². The Morgan fingerprint density at radius 2 is 1.88 bits per heavy atom. The Morgan fingerprint density at radius 1 is 1.18 bits per heavy atom. The molecular formula is C24H28F3N3O3. The van der Waals surface area contributed by atoms with Crippen molar-refractivity contribution in [1.82, 2.24) is 9.55 Å². The van der Waals surface area contributed by atoms with Gasteiger partial charge in [-0.15, -0.1) is 0 Å². The standard InChI is InChI=1S/C24H28F3N3O3/c25-12-18(13-26)33-21(31)11-14-4-9-19-20(10-14)29-24(28)30(23(19)32)22(15-2-1-3-15)16-5-7-17(27)8-6-16/h5-8,14-15,18,22H,1-4,9-13H2,(H2,28,29). The molecule has 0 radical (unpaired) electrons. The van der Waals surface area contributed by atoms with Crippen LogP contribution in [0.5, 0.6) is 0 Å². The Labute approximate surface area is 190 Å². The number of aromatic nitrogens is 2. The van der Waals surface area contributed by atoms with Gasteiger partial charge in [0, 0.05) is 12.0 Å². The van der Waals surface area contributed by atoms with Crippen molar-refractivity contribution in [1.29, 1.82) is 0 Å². The fourth-order valence-corrected chi connectivity index (χ4v) is 4.84. The lowest BCUT2D eigenvalue weighted by Crippen LogP contribution is -2.39. The summed E-state index contributed by atoms with van der Waals surface area (Å²) in [6, 6.07) is 5.83. The van der Waals surface area contributed by atoms with E-state index in [0.29, 0.717) is 30.5 Å². The number of nitrogen functional groups attached to an aromatic ring is 1. The minimum Gasteiger partial charge on any atom is -0.457 e. The smallest absolute Gasteiger partial charge is 0.306 e. The second kappa shape index (κ2) is 9.97. The number of carbonyl (C=O) groups is 1. The third kappa shape index (κ3) is 4.91. The van der Waals surface area contributed by atoms with Crippen molar-refractivity contribution in [2.75, 3.05) is 19.1 Å². The summed E-state index contributed by atoms with van der Waals surface area (Å²) < 4.78 is 45.1. The molecule has 178 valence electrons. The first kappa shape index (κ1) is 23.3. The number of fused-ring (bicyclic) bond motifs is 1. The number of ether oxygens (including phenoxy) is 1. The van der Waals surface area contributed by atoms with E-state index in [1.54, 1.807) is 12.1 Å². The Bertz CT molecular complexity index is 1050. The van der Waals surface area contributed by atoms with Crippen LogP contribution in [0.1, 0.15) is 55.0 Å². The molecule has 4 rings (SSSR count). The number of esters is 1. The van der Waals surface area contributed by atoms with Crippen LogP contribution in [-0.2, 0) is 22.4 Å². The van der Waals surface area contributed by atoms with Gasteiger partial charge in [-0.1, -0.05) is 18.6 Å². The number of hydrogen-bond donors (Lipinski definition) is 1. The molecule has 1 fully saturated rings. The fourth-order valence-electron chi connectivity index (χ4n) is 4.84. The lowest BCUT2D eigenvalue weighted by Gasteiger charge is -2.36. The van der Waals surface area contributed by atoms with Crippen molar-refractivity contribution < 1.29 is 22.7 Å². The van der Waals surface area contributed by atoms with Gasteiger partial charge in [-0.05, 0) is 61.6 Å². The summed E-state index contributed by atoms with van der Waals surface area (Å²) in [4.78, 5) is 30.1. The second-order valence-corrected chi connectivity index (χ2v) is 8.99. The molecule has 2 aliphatic carbocycles. The minimum absolute atomic E-state index is 0.000881. The third-order valence-electron chi connectivity index (χ3n) is 6.79. The highest BCUT2D eigenvalue weighted by molar-refractivity contribution is 5.70. The number of carbonyl (C=O) groups excluding carboxylic acids is 1. The number of rotatable bonds is 8. The Hall–Kier alpha value is -2.84. The van der Waals surface area contributed by atoms with Crippen molar-refractivity contribution in [2.24, 2.45) is 11.8 Å². The number of nitrogens with zero attached hydrogens (tertiary/aromatic N) is 2. The van der Waals surface area contributed by atoms with Crippen LogP contribution in [0, 0.1) is 17.7 Å². The fraction of sp³-hybridized carbons (Fsp3) is 0.542. The molecule has 1 aromatic carbocycles. The SMILES string of the molecule is Nc1nc2c(c(=O)n1C(c1ccc(F)cc1)C1CCC1)CCC(CC(=O)OC(CF)CF)C2. The topological polar surface area (TPSA) is 87.2 Å². The second-order valence-electron chi connectivity index (χ2n) is 8.99. The van der Waals surface area contributed by atoms with Crippen molar-refractivity contribution in [3.63, 3.8) is 0 Å². The quantitative estimate of drug-likeness (QED) is 0.604. The summed E-state index contributed by atoms with van der Waals surface area (Å²) in [7, 11) is 0. The van der Waals surface area contributed by atoms with E-state index in [9.17, 15) is 22.8 Å². The largest absolute Gasteiger partial charge is 0.457 e. The van der Waals surface area contributed by atoms with Crippen LogP contribution in [0.3, 0.4) is 0 Å². The molecule has 2 N–H and O–H groups in total. The number of hydrogen-bond acceptors (Lipinski definition) is 5. The summed E-state index contributed by atoms with van der Waals surface area (Å²) in [5.74, 6) is -0.833. The first-order valence-electron chi connectivity index (χ1n) is 11.4. The summed E-state index contributed by atoms with van der Waals surface area (Å²) in [5.41, 5.74) is 8.03. The first-order chi connectivity index (χ1) is 15.9. The predicted octanol–water partition coefficient (Wildman–Crippen LogP) is 3.70. The van der Waals surface area contributed by atoms with Crippen LogP contribution in [0.15, 0.2) is 29.1 Å². The van der Waals surface area contributed by atoms with Crippen LogP contribution in [0.4, 0.5) is 19.1 Å². The summed E-state index contributed by atoms with van der Waals surface area (Å²) in [6.07, 6.45) is 2.95. The van der Waals surface area contributed by atoms with E-state index < -0.39 is 25.4 Å². The van der Waals surface area contributed by atoms with Gasteiger partial charge in [0.15, 0.2) is 6.10 Å². The van der Waals surface area contributed by atoms with Crippen molar-refractivity contribution in [2.45, 2.75) is 57.1 Å². The normalized spacial score (nSPS) is 19.1. The van der Waals surface area contributed by atoms with E-state index in [1.807, 2.05) is 0 Å². The minimum atomic E-state index is -1.37. The van der Waals surface area contributed by atoms with Gasteiger partial charge in [-0.2, -0.15) is 0 Å². The van der Waals surface area contributed by atoms with Gasteiger partial charge in [-0.3, -0.25) is 14.2 Å². The number of alkyl halides is 2. The van der Waals surface area contributed by atoms with Gasteiger partial charge in [-0.25, -0.2) is 18.2 Å². The molecule has 0 bridgehead atoms. The lowest BCUT2D eigenvalue weighted by molar-refractivity contribution is -0.152. The average Bonchev–Trinajstić information content (AvgIpc) is 2.76. The van der Waals surface area contributed by atoms with Crippen molar-refractivity contribution in [3.05, 3.63) is 57.3 Å². The highest BCUT2D eigenvalue weighted by Gasteiger charge is 2.34. The number of nitrogens with two attached hydrogens (primary N) is 1. The Kier molecular flexibility index (Phi) is 7.05. The van der Waals surface area contributed by atoms with Crippen LogP contribution in [-0.4, -0.2) is 35.0 Å². The molecule has 33 heavy (non-hydrogen) atoms. The zero-order valence-corrected chi connectivity index (χ0v) is 18.3. The van der Waals surface area contributed by atoms with Crippen molar-refractivity contribution >= 4 is 11.9 Å². The van der Waals surface area contributed by atoms with Crippen LogP contribution < -0.4 is 11.3 Å². The lowest BCUT2D eigenvalue weighted by atomic mass is 9.76. The molecule has 0 saturated heterocycles. The summed E-state index contributed by atoms with van der Waals surface area (Å²) >= 11 is 0. The summed E-state index contributed by atoms with van der Waals surface area (Å²) in [5, 5.41) is 0. The van der Waals surface area contributed by atoms with E-state index in [0.717, 1.165) is 24.8 Å². The maximum atomic E-state index is 13.5. The summed E-state index contributed by atoms with van der Waals surface area (Å²) in [6.45, 7) is -2.13. The van der Waals surface area contributed by atoms with Crippen LogP contribution in [0.25, 0.3) is 0 Å². The number of halogens is 3. The van der Waals surface area contributed by atoms with Crippen molar-refractivity contribution in [3.8, 4) is 0 Å². The molecule has 2 unspecified atom stereocenters. The van der Waals surface area contributed by atoms with Gasteiger partial charge in [0.1, 0.15) is 19.2 Å².